The molecule has 0 saturated carbocycles. The van der Waals surface area contributed by atoms with Crippen molar-refractivity contribution in [2.45, 2.75) is 13.3 Å². The van der Waals surface area contributed by atoms with E-state index in [0.29, 0.717) is 9.35 Å². The van der Waals surface area contributed by atoms with Gasteiger partial charge in [0.25, 0.3) is 0 Å². The van der Waals surface area contributed by atoms with Crippen molar-refractivity contribution >= 4 is 44.7 Å². The smallest absolute Gasteiger partial charge is 0.206 e. The molecule has 0 N–H and O–H groups in total. The molecule has 0 atom stereocenters. The molecule has 0 amide bonds. The lowest BCUT2D eigenvalue weighted by Crippen LogP contribution is -2.05. The second-order valence-corrected chi connectivity index (χ2v) is 5.83. The van der Waals surface area contributed by atoms with Gasteiger partial charge in [0.2, 0.25) is 5.78 Å². The summed E-state index contributed by atoms with van der Waals surface area (Å²) in [6.45, 7) is 1.96. The molecule has 94 valence electrons. The molecular formula is C13H9BrClFOS. The normalized spacial score (nSPS) is 10.7. The van der Waals surface area contributed by atoms with Crippen molar-refractivity contribution in [3.63, 3.8) is 0 Å². The SMILES string of the molecule is CCc1ccsc1C(=O)c1ccc(Br)c(Cl)c1F. The van der Waals surface area contributed by atoms with Crippen LogP contribution in [-0.4, -0.2) is 5.78 Å². The lowest BCUT2D eigenvalue weighted by Gasteiger charge is -2.05. The highest BCUT2D eigenvalue weighted by Gasteiger charge is 2.20. The van der Waals surface area contributed by atoms with Crippen molar-refractivity contribution in [2.24, 2.45) is 0 Å². The third kappa shape index (κ3) is 2.37. The first-order chi connectivity index (χ1) is 8.56. The van der Waals surface area contributed by atoms with Crippen LogP contribution in [0.3, 0.4) is 0 Å². The number of carbonyl (C=O) groups is 1. The Bertz CT molecular complexity index is 609. The standard InChI is InChI=1S/C13H9BrClFOS/c1-2-7-5-6-18-13(7)12(17)8-3-4-9(14)10(15)11(8)16/h3-6H,2H2,1H3. The molecule has 0 fully saturated rings. The maximum atomic E-state index is 14.0. The van der Waals surface area contributed by atoms with E-state index < -0.39 is 5.82 Å². The van der Waals surface area contributed by atoms with Gasteiger partial charge in [0, 0.05) is 4.47 Å². The Morgan fingerprint density at radius 2 is 2.17 bits per heavy atom. The van der Waals surface area contributed by atoms with Crippen molar-refractivity contribution in [3.05, 3.63) is 54.9 Å². The lowest BCUT2D eigenvalue weighted by molar-refractivity contribution is 0.103. The zero-order valence-corrected chi connectivity index (χ0v) is 12.6. The molecule has 2 aromatic rings. The minimum Gasteiger partial charge on any atom is -0.288 e. The maximum absolute atomic E-state index is 14.0. The minimum absolute atomic E-state index is 0.0142. The number of benzene rings is 1. The van der Waals surface area contributed by atoms with E-state index in [9.17, 15) is 9.18 Å². The quantitative estimate of drug-likeness (QED) is 0.558. The molecular weight excluding hydrogens is 339 g/mol. The summed E-state index contributed by atoms with van der Waals surface area (Å²) in [4.78, 5) is 12.8. The van der Waals surface area contributed by atoms with E-state index in [-0.39, 0.29) is 16.4 Å². The van der Waals surface area contributed by atoms with E-state index in [1.165, 1.54) is 17.4 Å². The molecule has 1 aromatic heterocycles. The molecule has 0 radical (unpaired) electrons. The summed E-state index contributed by atoms with van der Waals surface area (Å²) in [5.41, 5.74) is 0.948. The molecule has 2 rings (SSSR count). The number of hydrogen-bond donors (Lipinski definition) is 0. The van der Waals surface area contributed by atoms with Crippen LogP contribution in [0.5, 0.6) is 0 Å². The van der Waals surface area contributed by atoms with Gasteiger partial charge in [0.15, 0.2) is 5.82 Å². The zero-order valence-electron chi connectivity index (χ0n) is 9.47. The van der Waals surface area contributed by atoms with E-state index in [4.69, 9.17) is 11.6 Å². The van der Waals surface area contributed by atoms with Crippen LogP contribution < -0.4 is 0 Å². The predicted octanol–water partition coefficient (Wildman–Crippen LogP) is 5.10. The van der Waals surface area contributed by atoms with Gasteiger partial charge >= 0.3 is 0 Å². The number of carbonyl (C=O) groups excluding carboxylic acids is 1. The molecule has 0 aliphatic rings. The van der Waals surface area contributed by atoms with Crippen LogP contribution >= 0.6 is 38.9 Å². The van der Waals surface area contributed by atoms with Gasteiger partial charge in [0.1, 0.15) is 0 Å². The number of thiophene rings is 1. The highest BCUT2D eigenvalue weighted by atomic mass is 79.9. The first kappa shape index (κ1) is 13.7. The highest BCUT2D eigenvalue weighted by molar-refractivity contribution is 9.10. The predicted molar refractivity (Wildman–Crippen MR) is 76.2 cm³/mol. The number of ketones is 1. The summed E-state index contributed by atoms with van der Waals surface area (Å²) < 4.78 is 14.4. The van der Waals surface area contributed by atoms with Crippen LogP contribution in [0.4, 0.5) is 4.39 Å². The van der Waals surface area contributed by atoms with Gasteiger partial charge in [-0.1, -0.05) is 18.5 Å². The third-order valence-corrected chi connectivity index (χ3v) is 4.83. The fourth-order valence-electron chi connectivity index (χ4n) is 1.64. The van der Waals surface area contributed by atoms with Crippen LogP contribution in [0, 0.1) is 5.82 Å². The van der Waals surface area contributed by atoms with E-state index >= 15 is 0 Å². The molecule has 1 nitrogen and oxygen atoms in total. The monoisotopic (exact) mass is 346 g/mol. The van der Waals surface area contributed by atoms with Crippen LogP contribution in [0.15, 0.2) is 28.1 Å². The summed E-state index contributed by atoms with van der Waals surface area (Å²) in [6, 6.07) is 4.92. The molecule has 1 heterocycles. The maximum Gasteiger partial charge on any atom is 0.206 e. The summed E-state index contributed by atoms with van der Waals surface area (Å²) >= 11 is 10.2. The van der Waals surface area contributed by atoms with E-state index in [1.54, 1.807) is 6.07 Å². The lowest BCUT2D eigenvalue weighted by atomic mass is 10.1. The molecule has 0 bridgehead atoms. The molecule has 0 unspecified atom stereocenters. The van der Waals surface area contributed by atoms with E-state index in [1.807, 2.05) is 18.4 Å². The minimum atomic E-state index is -0.675. The molecule has 18 heavy (non-hydrogen) atoms. The second kappa shape index (κ2) is 5.51. The number of aryl methyl sites for hydroxylation is 1. The third-order valence-electron chi connectivity index (χ3n) is 2.61. The van der Waals surface area contributed by atoms with Gasteiger partial charge in [-0.05, 0) is 51.5 Å². The number of hydrogen-bond acceptors (Lipinski definition) is 2. The largest absolute Gasteiger partial charge is 0.288 e. The van der Waals surface area contributed by atoms with Crippen molar-refractivity contribution < 1.29 is 9.18 Å². The molecule has 0 aliphatic carbocycles. The molecule has 1 aromatic carbocycles. The van der Waals surface area contributed by atoms with Crippen LogP contribution in [0.25, 0.3) is 0 Å². The molecule has 0 saturated heterocycles. The van der Waals surface area contributed by atoms with Gasteiger partial charge in [-0.15, -0.1) is 11.3 Å². The molecule has 5 heteroatoms. The summed E-state index contributed by atoms with van der Waals surface area (Å²) in [5, 5.41) is 1.78. The van der Waals surface area contributed by atoms with Gasteiger partial charge in [-0.2, -0.15) is 0 Å². The number of halogens is 3. The summed E-state index contributed by atoms with van der Waals surface area (Å²) in [7, 11) is 0. The summed E-state index contributed by atoms with van der Waals surface area (Å²) in [5.74, 6) is -0.986. The van der Waals surface area contributed by atoms with Crippen molar-refractivity contribution in [1.82, 2.24) is 0 Å². The topological polar surface area (TPSA) is 17.1 Å². The van der Waals surface area contributed by atoms with Gasteiger partial charge < -0.3 is 0 Å². The fraction of sp³-hybridized carbons (Fsp3) is 0.154. The first-order valence-electron chi connectivity index (χ1n) is 5.30. The number of rotatable bonds is 3. The van der Waals surface area contributed by atoms with E-state index in [0.717, 1.165) is 12.0 Å². The average molecular weight is 348 g/mol. The fourth-order valence-corrected chi connectivity index (χ4v) is 3.06. The molecule has 0 spiro atoms. The van der Waals surface area contributed by atoms with Gasteiger partial charge in [0.05, 0.1) is 15.5 Å². The zero-order chi connectivity index (χ0) is 13.3. The Hall–Kier alpha value is -0.710. The Morgan fingerprint density at radius 3 is 2.83 bits per heavy atom. The highest BCUT2D eigenvalue weighted by Crippen LogP contribution is 2.30. The van der Waals surface area contributed by atoms with Gasteiger partial charge in [-0.3, -0.25) is 4.79 Å². The second-order valence-electron chi connectivity index (χ2n) is 3.68. The van der Waals surface area contributed by atoms with Crippen LogP contribution in [0.1, 0.15) is 27.7 Å². The van der Waals surface area contributed by atoms with Crippen LogP contribution in [0.2, 0.25) is 5.02 Å². The Morgan fingerprint density at radius 1 is 1.44 bits per heavy atom. The van der Waals surface area contributed by atoms with E-state index in [2.05, 4.69) is 15.9 Å². The van der Waals surface area contributed by atoms with Crippen molar-refractivity contribution in [2.75, 3.05) is 0 Å². The Labute approximate surface area is 122 Å². The van der Waals surface area contributed by atoms with Crippen molar-refractivity contribution in [3.8, 4) is 0 Å². The van der Waals surface area contributed by atoms with Crippen LogP contribution in [-0.2, 0) is 6.42 Å². The first-order valence-corrected chi connectivity index (χ1v) is 7.35. The Kier molecular flexibility index (Phi) is 4.20. The Balaban J connectivity index is 2.50. The molecule has 0 aliphatic heterocycles. The van der Waals surface area contributed by atoms with Crippen molar-refractivity contribution in [1.29, 1.82) is 0 Å². The average Bonchev–Trinajstić information content (AvgIpc) is 2.83. The van der Waals surface area contributed by atoms with Gasteiger partial charge in [-0.25, -0.2) is 4.39 Å². The summed E-state index contributed by atoms with van der Waals surface area (Å²) in [6.07, 6.45) is 0.746.